The highest BCUT2D eigenvalue weighted by Crippen LogP contribution is 2.28. The van der Waals surface area contributed by atoms with E-state index in [1.165, 1.54) is 0 Å². The Hall–Kier alpha value is -4.15. The first-order valence-electron chi connectivity index (χ1n) is 9.04. The first-order valence-corrected chi connectivity index (χ1v) is 9.04. The molecule has 0 bridgehead atoms. The number of benzene rings is 3. The predicted molar refractivity (Wildman–Crippen MR) is 113 cm³/mol. The lowest BCUT2D eigenvalue weighted by atomic mass is 9.95. The number of ether oxygens (including phenoxy) is 1. The Morgan fingerprint density at radius 1 is 0.931 bits per heavy atom. The van der Waals surface area contributed by atoms with Crippen molar-refractivity contribution in [1.29, 1.82) is 10.5 Å². The topological polar surface area (TPSA) is 73.9 Å². The molecule has 3 rings (SSSR count). The molecule has 0 aliphatic carbocycles. The summed E-state index contributed by atoms with van der Waals surface area (Å²) in [4.78, 5) is 11.3. The largest absolute Gasteiger partial charge is 0.478 e. The number of hydrogen-bond donors (Lipinski definition) is 0. The Morgan fingerprint density at radius 3 is 2.38 bits per heavy atom. The number of hydrogen-bond acceptors (Lipinski definition) is 4. The van der Waals surface area contributed by atoms with Crippen LogP contribution in [0.4, 0.5) is 0 Å². The van der Waals surface area contributed by atoms with Crippen molar-refractivity contribution in [2.24, 2.45) is 0 Å². The highest BCUT2D eigenvalue weighted by molar-refractivity contribution is 5.84. The molecule has 0 unspecified atom stereocenters. The fourth-order valence-electron chi connectivity index (χ4n) is 3.10. The average Bonchev–Trinajstić information content (AvgIpc) is 2.77. The summed E-state index contributed by atoms with van der Waals surface area (Å²) in [5.74, 6) is 0.366. The van der Waals surface area contributed by atoms with Crippen molar-refractivity contribution in [2.75, 3.05) is 6.61 Å². The number of carbonyl (C=O) groups excluding carboxylic acids is 1. The van der Waals surface area contributed by atoms with Gasteiger partial charge in [0, 0.05) is 5.56 Å². The lowest BCUT2D eigenvalue weighted by molar-refractivity contribution is 0.112. The number of rotatable bonds is 6. The summed E-state index contributed by atoms with van der Waals surface area (Å²) in [5, 5.41) is 18.5. The Kier molecular flexibility index (Phi) is 6.20. The van der Waals surface area contributed by atoms with Crippen molar-refractivity contribution in [1.82, 2.24) is 0 Å². The molecule has 0 aliphatic rings. The molecule has 0 atom stereocenters. The zero-order valence-corrected chi connectivity index (χ0v) is 15.9. The standard InChI is InChI=1S/C25H18N2O2/c1-18-14-22(17-28)25(29-13-12-26)15-21(18)11-10-20-8-5-9-23(24(20)16-27)19-6-3-2-4-7-19/h2-11,14-15,17H,13H2,1H3/b11-10+. The zero-order valence-electron chi connectivity index (χ0n) is 15.9. The van der Waals surface area contributed by atoms with Crippen LogP contribution in [0, 0.1) is 29.6 Å². The van der Waals surface area contributed by atoms with Gasteiger partial charge in [0.15, 0.2) is 12.9 Å². The Morgan fingerprint density at radius 2 is 1.69 bits per heavy atom. The molecule has 0 radical (unpaired) electrons. The van der Waals surface area contributed by atoms with Crippen molar-refractivity contribution in [2.45, 2.75) is 6.92 Å². The third kappa shape index (κ3) is 4.40. The van der Waals surface area contributed by atoms with Crippen LogP contribution in [0.1, 0.15) is 32.6 Å². The van der Waals surface area contributed by atoms with Crippen LogP contribution in [0.25, 0.3) is 23.3 Å². The maximum Gasteiger partial charge on any atom is 0.174 e. The Labute approximate surface area is 169 Å². The molecular weight excluding hydrogens is 360 g/mol. The monoisotopic (exact) mass is 378 g/mol. The van der Waals surface area contributed by atoms with Crippen LogP contribution < -0.4 is 4.74 Å². The smallest absolute Gasteiger partial charge is 0.174 e. The summed E-state index contributed by atoms with van der Waals surface area (Å²) in [6.45, 7) is 1.76. The van der Waals surface area contributed by atoms with Gasteiger partial charge in [-0.3, -0.25) is 4.79 Å². The molecule has 0 spiro atoms. The van der Waals surface area contributed by atoms with Crippen molar-refractivity contribution in [3.05, 3.63) is 88.5 Å². The summed E-state index contributed by atoms with van der Waals surface area (Å²) < 4.78 is 5.37. The highest BCUT2D eigenvalue weighted by atomic mass is 16.5. The molecular formula is C25H18N2O2. The summed E-state index contributed by atoms with van der Waals surface area (Å²) in [6, 6.07) is 23.2. The van der Waals surface area contributed by atoms with E-state index in [0.29, 0.717) is 23.2 Å². The van der Waals surface area contributed by atoms with Crippen LogP contribution in [0.15, 0.2) is 60.7 Å². The van der Waals surface area contributed by atoms with Crippen LogP contribution in [0.2, 0.25) is 0 Å². The van der Waals surface area contributed by atoms with Gasteiger partial charge in [-0.1, -0.05) is 60.7 Å². The molecule has 0 N–H and O–H groups in total. The lowest BCUT2D eigenvalue weighted by Gasteiger charge is -2.10. The van der Waals surface area contributed by atoms with E-state index in [0.717, 1.165) is 27.8 Å². The number of nitriles is 2. The van der Waals surface area contributed by atoms with E-state index >= 15 is 0 Å². The molecule has 4 heteroatoms. The van der Waals surface area contributed by atoms with E-state index in [1.807, 2.05) is 73.7 Å². The number of aryl methyl sites for hydroxylation is 1. The summed E-state index contributed by atoms with van der Waals surface area (Å²) >= 11 is 0. The van der Waals surface area contributed by atoms with Crippen molar-refractivity contribution < 1.29 is 9.53 Å². The molecule has 0 aliphatic heterocycles. The number of nitrogens with zero attached hydrogens (tertiary/aromatic N) is 2. The van der Waals surface area contributed by atoms with Gasteiger partial charge in [-0.25, -0.2) is 0 Å². The molecule has 0 heterocycles. The fourth-order valence-corrected chi connectivity index (χ4v) is 3.10. The molecule has 3 aromatic rings. The molecule has 3 aromatic carbocycles. The normalized spacial score (nSPS) is 10.3. The minimum atomic E-state index is -0.134. The maximum absolute atomic E-state index is 11.3. The molecule has 140 valence electrons. The van der Waals surface area contributed by atoms with E-state index in [2.05, 4.69) is 6.07 Å². The molecule has 4 nitrogen and oxygen atoms in total. The van der Waals surface area contributed by atoms with Crippen LogP contribution in [0.5, 0.6) is 5.75 Å². The van der Waals surface area contributed by atoms with Crippen molar-refractivity contribution in [3.63, 3.8) is 0 Å². The van der Waals surface area contributed by atoms with Gasteiger partial charge >= 0.3 is 0 Å². The summed E-state index contributed by atoms with van der Waals surface area (Å²) in [7, 11) is 0. The van der Waals surface area contributed by atoms with Gasteiger partial charge in [-0.15, -0.1) is 0 Å². The van der Waals surface area contributed by atoms with Gasteiger partial charge in [-0.2, -0.15) is 10.5 Å². The van der Waals surface area contributed by atoms with Gasteiger partial charge in [0.05, 0.1) is 11.1 Å². The minimum Gasteiger partial charge on any atom is -0.478 e. The van der Waals surface area contributed by atoms with E-state index in [1.54, 1.807) is 12.1 Å². The van der Waals surface area contributed by atoms with Crippen LogP contribution >= 0.6 is 0 Å². The van der Waals surface area contributed by atoms with Gasteiger partial charge in [0.1, 0.15) is 17.9 Å². The predicted octanol–water partition coefficient (Wildman–Crippen LogP) is 5.42. The van der Waals surface area contributed by atoms with Crippen molar-refractivity contribution in [3.8, 4) is 29.0 Å². The number of carbonyl (C=O) groups is 1. The number of aldehydes is 1. The molecule has 0 amide bonds. The first kappa shape index (κ1) is 19.6. The Bertz CT molecular complexity index is 1150. The summed E-state index contributed by atoms with van der Waals surface area (Å²) in [6.07, 6.45) is 4.47. The van der Waals surface area contributed by atoms with E-state index < -0.39 is 0 Å². The van der Waals surface area contributed by atoms with Gasteiger partial charge in [-0.05, 0) is 41.3 Å². The fraction of sp³-hybridized carbons (Fsp3) is 0.0800. The second kappa shape index (κ2) is 9.17. The second-order valence-corrected chi connectivity index (χ2v) is 6.39. The first-order chi connectivity index (χ1) is 14.2. The maximum atomic E-state index is 11.3. The van der Waals surface area contributed by atoms with Crippen LogP contribution in [-0.4, -0.2) is 12.9 Å². The zero-order chi connectivity index (χ0) is 20.6. The van der Waals surface area contributed by atoms with Gasteiger partial charge in [0.25, 0.3) is 0 Å². The van der Waals surface area contributed by atoms with E-state index in [-0.39, 0.29) is 6.61 Å². The lowest BCUT2D eigenvalue weighted by Crippen LogP contribution is -1.99. The summed E-state index contributed by atoms with van der Waals surface area (Å²) in [5.41, 5.74) is 5.39. The van der Waals surface area contributed by atoms with Crippen molar-refractivity contribution >= 4 is 18.4 Å². The second-order valence-electron chi connectivity index (χ2n) is 6.39. The highest BCUT2D eigenvalue weighted by Gasteiger charge is 2.10. The molecule has 0 saturated carbocycles. The third-order valence-electron chi connectivity index (χ3n) is 4.55. The Balaban J connectivity index is 2.02. The molecule has 0 fully saturated rings. The molecule has 0 saturated heterocycles. The van der Waals surface area contributed by atoms with E-state index in [4.69, 9.17) is 10.00 Å². The molecule has 0 aromatic heterocycles. The SMILES string of the molecule is Cc1cc(C=O)c(OCC#N)cc1/C=C/c1cccc(-c2ccccc2)c1C#N. The quantitative estimate of drug-likeness (QED) is 0.424. The third-order valence-corrected chi connectivity index (χ3v) is 4.55. The average molecular weight is 378 g/mol. The molecule has 29 heavy (non-hydrogen) atoms. The van der Waals surface area contributed by atoms with Gasteiger partial charge in [0.2, 0.25) is 0 Å². The minimum absolute atomic E-state index is 0.134. The van der Waals surface area contributed by atoms with Gasteiger partial charge < -0.3 is 4.74 Å². The van der Waals surface area contributed by atoms with Crippen LogP contribution in [-0.2, 0) is 0 Å². The van der Waals surface area contributed by atoms with E-state index in [9.17, 15) is 10.1 Å². The van der Waals surface area contributed by atoms with Crippen LogP contribution in [0.3, 0.4) is 0 Å².